The van der Waals surface area contributed by atoms with Crippen molar-refractivity contribution in [1.82, 2.24) is 5.32 Å². The van der Waals surface area contributed by atoms with Gasteiger partial charge in [0.15, 0.2) is 11.7 Å². The molecule has 0 aliphatic rings. The summed E-state index contributed by atoms with van der Waals surface area (Å²) >= 11 is 0. The number of hydrogen-bond donors (Lipinski definition) is 1. The number of amides is 1. The molecule has 23 heavy (non-hydrogen) atoms. The first kappa shape index (κ1) is 16.4. The number of nitrogens with one attached hydrogen (secondary N) is 1. The van der Waals surface area contributed by atoms with Crippen LogP contribution in [0.25, 0.3) is 11.1 Å². The van der Waals surface area contributed by atoms with Crippen LogP contribution in [0.4, 0.5) is 4.39 Å². The average molecular weight is 310 g/mol. The van der Waals surface area contributed by atoms with Crippen LogP contribution in [-0.2, 0) is 4.79 Å². The number of carbonyl (C=O) groups is 2. The molecule has 1 amide bonds. The van der Waals surface area contributed by atoms with Crippen molar-refractivity contribution < 1.29 is 14.0 Å². The molecule has 0 heterocycles. The Morgan fingerprint density at radius 3 is 2.26 bits per heavy atom. The van der Waals surface area contributed by atoms with Crippen LogP contribution in [0.3, 0.4) is 0 Å². The van der Waals surface area contributed by atoms with Crippen molar-refractivity contribution in [2.45, 2.75) is 6.92 Å². The standard InChI is InChI=1S/C18H15FN2O2/c1-11-3-5-12(6-4-11)13-7-8-14(16(19)9-13)17(22)15(10-20)18(23)21-2/h3-9,15H,1-2H3,(H,21,23). The van der Waals surface area contributed by atoms with Crippen LogP contribution in [0.1, 0.15) is 15.9 Å². The maximum Gasteiger partial charge on any atom is 0.245 e. The van der Waals surface area contributed by atoms with E-state index >= 15 is 0 Å². The minimum absolute atomic E-state index is 0.268. The Hall–Kier alpha value is -3.00. The zero-order valence-corrected chi connectivity index (χ0v) is 12.8. The molecule has 1 atom stereocenters. The molecule has 0 fully saturated rings. The molecule has 0 aliphatic carbocycles. The van der Waals surface area contributed by atoms with Gasteiger partial charge in [-0.3, -0.25) is 9.59 Å². The lowest BCUT2D eigenvalue weighted by Gasteiger charge is -2.09. The van der Waals surface area contributed by atoms with Crippen molar-refractivity contribution in [2.24, 2.45) is 5.92 Å². The molecule has 2 rings (SSSR count). The maximum atomic E-state index is 14.3. The van der Waals surface area contributed by atoms with Crippen molar-refractivity contribution in [1.29, 1.82) is 5.26 Å². The highest BCUT2D eigenvalue weighted by atomic mass is 19.1. The fourth-order valence-electron chi connectivity index (χ4n) is 2.18. The second-order valence-electron chi connectivity index (χ2n) is 5.10. The van der Waals surface area contributed by atoms with E-state index in [4.69, 9.17) is 5.26 Å². The largest absolute Gasteiger partial charge is 0.358 e. The minimum atomic E-state index is -1.56. The summed E-state index contributed by atoms with van der Waals surface area (Å²) in [6.07, 6.45) is 0. The van der Waals surface area contributed by atoms with Crippen LogP contribution in [-0.4, -0.2) is 18.7 Å². The summed E-state index contributed by atoms with van der Waals surface area (Å²) in [5.41, 5.74) is 2.25. The third-order valence-electron chi connectivity index (χ3n) is 3.52. The number of carbonyl (C=O) groups excluding carboxylic acids is 2. The molecule has 0 saturated heterocycles. The van der Waals surface area contributed by atoms with Crippen LogP contribution in [0.2, 0.25) is 0 Å². The number of nitriles is 1. The number of aryl methyl sites for hydroxylation is 1. The van der Waals surface area contributed by atoms with Crippen LogP contribution < -0.4 is 5.32 Å². The van der Waals surface area contributed by atoms with E-state index < -0.39 is 23.4 Å². The molecule has 2 aromatic carbocycles. The molecule has 116 valence electrons. The molecule has 0 saturated carbocycles. The summed E-state index contributed by atoms with van der Waals surface area (Å²) in [7, 11) is 1.32. The highest BCUT2D eigenvalue weighted by Crippen LogP contribution is 2.23. The lowest BCUT2D eigenvalue weighted by molar-refractivity contribution is -0.121. The normalized spacial score (nSPS) is 11.4. The Bertz CT molecular complexity index is 792. The maximum absolute atomic E-state index is 14.3. The molecule has 0 aromatic heterocycles. The molecule has 0 radical (unpaired) electrons. The molecule has 1 unspecified atom stereocenters. The number of halogens is 1. The number of ketones is 1. The third-order valence-corrected chi connectivity index (χ3v) is 3.52. The number of hydrogen-bond acceptors (Lipinski definition) is 3. The van der Waals surface area contributed by atoms with E-state index in [1.54, 1.807) is 12.1 Å². The molecule has 1 N–H and O–H groups in total. The van der Waals surface area contributed by atoms with Gasteiger partial charge in [-0.25, -0.2) is 4.39 Å². The van der Waals surface area contributed by atoms with E-state index in [0.29, 0.717) is 5.56 Å². The van der Waals surface area contributed by atoms with E-state index in [2.05, 4.69) is 5.32 Å². The predicted octanol–water partition coefficient (Wildman–Crippen LogP) is 2.87. The van der Waals surface area contributed by atoms with Crippen molar-refractivity contribution in [3.05, 3.63) is 59.4 Å². The zero-order chi connectivity index (χ0) is 17.0. The summed E-state index contributed by atoms with van der Waals surface area (Å²) in [5, 5.41) is 11.2. The van der Waals surface area contributed by atoms with E-state index in [1.807, 2.05) is 31.2 Å². The molecule has 0 aliphatic heterocycles. The SMILES string of the molecule is CNC(=O)C(C#N)C(=O)c1ccc(-c2ccc(C)cc2)cc1F. The van der Waals surface area contributed by atoms with Gasteiger partial charge < -0.3 is 5.32 Å². The Balaban J connectivity index is 2.36. The van der Waals surface area contributed by atoms with Crippen LogP contribution in [0, 0.1) is 30.0 Å². The molecular formula is C18H15FN2O2. The van der Waals surface area contributed by atoms with Gasteiger partial charge in [0.1, 0.15) is 5.82 Å². The lowest BCUT2D eigenvalue weighted by Crippen LogP contribution is -2.32. The highest BCUT2D eigenvalue weighted by Gasteiger charge is 2.28. The lowest BCUT2D eigenvalue weighted by atomic mass is 9.95. The van der Waals surface area contributed by atoms with Gasteiger partial charge in [-0.2, -0.15) is 5.26 Å². The van der Waals surface area contributed by atoms with Gasteiger partial charge in [-0.15, -0.1) is 0 Å². The van der Waals surface area contributed by atoms with Crippen molar-refractivity contribution in [2.75, 3.05) is 7.05 Å². The van der Waals surface area contributed by atoms with Gasteiger partial charge in [0.25, 0.3) is 0 Å². The summed E-state index contributed by atoms with van der Waals surface area (Å²) in [6.45, 7) is 1.95. The topological polar surface area (TPSA) is 70.0 Å². The molecule has 4 nitrogen and oxygen atoms in total. The molecule has 0 bridgehead atoms. The van der Waals surface area contributed by atoms with Gasteiger partial charge in [0.05, 0.1) is 11.6 Å². The fourth-order valence-corrected chi connectivity index (χ4v) is 2.18. The molecule has 2 aromatic rings. The van der Waals surface area contributed by atoms with Crippen LogP contribution in [0.5, 0.6) is 0 Å². The summed E-state index contributed by atoms with van der Waals surface area (Å²) in [5.74, 6) is -3.91. The zero-order valence-electron chi connectivity index (χ0n) is 12.8. The van der Waals surface area contributed by atoms with E-state index in [0.717, 1.165) is 11.1 Å². The monoisotopic (exact) mass is 310 g/mol. The number of Topliss-reactive ketones (excluding diaryl/α,β-unsaturated/α-hetero) is 1. The van der Waals surface area contributed by atoms with Gasteiger partial charge >= 0.3 is 0 Å². The van der Waals surface area contributed by atoms with E-state index in [-0.39, 0.29) is 5.56 Å². The van der Waals surface area contributed by atoms with Gasteiger partial charge in [-0.1, -0.05) is 35.9 Å². The summed E-state index contributed by atoms with van der Waals surface area (Å²) in [6, 6.07) is 13.3. The van der Waals surface area contributed by atoms with Crippen molar-refractivity contribution >= 4 is 11.7 Å². The van der Waals surface area contributed by atoms with Crippen molar-refractivity contribution in [3.8, 4) is 17.2 Å². The van der Waals surface area contributed by atoms with E-state index in [1.165, 1.54) is 19.2 Å². The number of rotatable bonds is 4. The first-order valence-electron chi connectivity index (χ1n) is 7.00. The fraction of sp³-hybridized carbons (Fsp3) is 0.167. The Labute approximate surface area is 133 Å². The van der Waals surface area contributed by atoms with Crippen molar-refractivity contribution in [3.63, 3.8) is 0 Å². The molecule has 0 spiro atoms. The van der Waals surface area contributed by atoms with Crippen LogP contribution in [0.15, 0.2) is 42.5 Å². The average Bonchev–Trinajstić information content (AvgIpc) is 2.55. The highest BCUT2D eigenvalue weighted by molar-refractivity contribution is 6.12. The number of nitrogens with zero attached hydrogens (tertiary/aromatic N) is 1. The first-order chi connectivity index (χ1) is 11.0. The molecule has 5 heteroatoms. The van der Waals surface area contributed by atoms with Gasteiger partial charge in [-0.05, 0) is 30.2 Å². The quantitative estimate of drug-likeness (QED) is 0.697. The summed E-state index contributed by atoms with van der Waals surface area (Å²) < 4.78 is 14.3. The molecular weight excluding hydrogens is 295 g/mol. The minimum Gasteiger partial charge on any atom is -0.358 e. The summed E-state index contributed by atoms with van der Waals surface area (Å²) in [4.78, 5) is 23.7. The van der Waals surface area contributed by atoms with Gasteiger partial charge in [0, 0.05) is 7.05 Å². The predicted molar refractivity (Wildman–Crippen MR) is 84.1 cm³/mol. The second kappa shape index (κ2) is 6.84. The Morgan fingerprint density at radius 2 is 1.74 bits per heavy atom. The Kier molecular flexibility index (Phi) is 4.87. The van der Waals surface area contributed by atoms with Crippen LogP contribution >= 0.6 is 0 Å². The first-order valence-corrected chi connectivity index (χ1v) is 7.00. The van der Waals surface area contributed by atoms with Gasteiger partial charge in [0.2, 0.25) is 5.91 Å². The Morgan fingerprint density at radius 1 is 1.13 bits per heavy atom. The smallest absolute Gasteiger partial charge is 0.245 e. The number of benzene rings is 2. The second-order valence-corrected chi connectivity index (χ2v) is 5.10. The van der Waals surface area contributed by atoms with E-state index in [9.17, 15) is 14.0 Å². The third kappa shape index (κ3) is 3.43.